The van der Waals surface area contributed by atoms with E-state index in [0.29, 0.717) is 30.4 Å². The standard InChI is InChI=1S/C19H31N3O2/c1-12(2)8-16(11-20)21-19(24)15-6-7-17(14(5)10-15)22-18(23)9-13(3)4/h6-7,10,12-13,16H,8-9,11,20H2,1-5H3,(H,21,24)(H,22,23). The quantitative estimate of drug-likeness (QED) is 0.683. The molecule has 4 N–H and O–H groups in total. The first-order valence-electron chi connectivity index (χ1n) is 8.64. The van der Waals surface area contributed by atoms with E-state index < -0.39 is 0 Å². The minimum atomic E-state index is -0.130. The minimum absolute atomic E-state index is 0.00886. The lowest BCUT2D eigenvalue weighted by Gasteiger charge is -2.19. The van der Waals surface area contributed by atoms with Crippen molar-refractivity contribution in [1.82, 2.24) is 5.32 Å². The van der Waals surface area contributed by atoms with E-state index in [-0.39, 0.29) is 17.9 Å². The molecule has 0 spiro atoms. The summed E-state index contributed by atoms with van der Waals surface area (Å²) in [6, 6.07) is 5.28. The van der Waals surface area contributed by atoms with E-state index in [1.807, 2.05) is 20.8 Å². The van der Waals surface area contributed by atoms with Crippen molar-refractivity contribution in [3.63, 3.8) is 0 Å². The Hall–Kier alpha value is -1.88. The number of nitrogens with one attached hydrogen (secondary N) is 2. The Morgan fingerprint density at radius 3 is 2.29 bits per heavy atom. The Morgan fingerprint density at radius 1 is 1.12 bits per heavy atom. The van der Waals surface area contributed by atoms with Crippen molar-refractivity contribution < 1.29 is 9.59 Å². The van der Waals surface area contributed by atoms with Gasteiger partial charge in [0.1, 0.15) is 0 Å². The molecule has 0 aliphatic heterocycles. The van der Waals surface area contributed by atoms with Gasteiger partial charge in [0.2, 0.25) is 5.91 Å². The van der Waals surface area contributed by atoms with E-state index in [9.17, 15) is 9.59 Å². The minimum Gasteiger partial charge on any atom is -0.348 e. The summed E-state index contributed by atoms with van der Waals surface area (Å²) in [6.07, 6.45) is 1.33. The summed E-state index contributed by atoms with van der Waals surface area (Å²) in [5.41, 5.74) is 7.93. The van der Waals surface area contributed by atoms with E-state index in [1.54, 1.807) is 18.2 Å². The van der Waals surface area contributed by atoms with Crippen LogP contribution in [-0.4, -0.2) is 24.4 Å². The Morgan fingerprint density at radius 2 is 1.79 bits per heavy atom. The number of carbonyl (C=O) groups is 2. The molecule has 0 bridgehead atoms. The number of hydrogen-bond donors (Lipinski definition) is 3. The van der Waals surface area contributed by atoms with Crippen LogP contribution in [0.5, 0.6) is 0 Å². The summed E-state index contributed by atoms with van der Waals surface area (Å²) in [6.45, 7) is 10.5. The topological polar surface area (TPSA) is 84.2 Å². The predicted octanol–water partition coefficient (Wildman–Crippen LogP) is 3.08. The molecule has 5 heteroatoms. The molecule has 0 saturated heterocycles. The van der Waals surface area contributed by atoms with Crippen LogP contribution in [0.15, 0.2) is 18.2 Å². The third-order valence-corrected chi connectivity index (χ3v) is 3.73. The summed E-state index contributed by atoms with van der Waals surface area (Å²) >= 11 is 0. The van der Waals surface area contributed by atoms with E-state index in [2.05, 4.69) is 24.5 Å². The molecule has 1 atom stereocenters. The molecular formula is C19H31N3O2. The lowest BCUT2D eigenvalue weighted by molar-refractivity contribution is -0.116. The van der Waals surface area contributed by atoms with Crippen LogP contribution in [-0.2, 0) is 4.79 Å². The Labute approximate surface area is 145 Å². The zero-order chi connectivity index (χ0) is 18.3. The number of carbonyl (C=O) groups excluding carboxylic acids is 2. The van der Waals surface area contributed by atoms with Crippen molar-refractivity contribution in [2.45, 2.75) is 53.5 Å². The van der Waals surface area contributed by atoms with Crippen LogP contribution in [0.1, 0.15) is 56.5 Å². The highest BCUT2D eigenvalue weighted by molar-refractivity contribution is 5.96. The molecule has 2 amide bonds. The maximum Gasteiger partial charge on any atom is 0.251 e. The molecule has 1 aromatic carbocycles. The van der Waals surface area contributed by atoms with Crippen LogP contribution in [0.3, 0.4) is 0 Å². The molecule has 134 valence electrons. The number of anilines is 1. The van der Waals surface area contributed by atoms with Gasteiger partial charge in [-0.2, -0.15) is 0 Å². The summed E-state index contributed by atoms with van der Waals surface area (Å²) < 4.78 is 0. The number of nitrogens with two attached hydrogens (primary N) is 1. The largest absolute Gasteiger partial charge is 0.348 e. The van der Waals surface area contributed by atoms with Gasteiger partial charge in [-0.25, -0.2) is 0 Å². The van der Waals surface area contributed by atoms with Gasteiger partial charge in [-0.1, -0.05) is 27.7 Å². The van der Waals surface area contributed by atoms with E-state index >= 15 is 0 Å². The lowest BCUT2D eigenvalue weighted by Crippen LogP contribution is -2.41. The predicted molar refractivity (Wildman–Crippen MR) is 99.0 cm³/mol. The van der Waals surface area contributed by atoms with Crippen LogP contribution in [0.4, 0.5) is 5.69 Å². The van der Waals surface area contributed by atoms with Crippen molar-refractivity contribution in [3.8, 4) is 0 Å². The van der Waals surface area contributed by atoms with Crippen LogP contribution >= 0.6 is 0 Å². The molecule has 0 radical (unpaired) electrons. The van der Waals surface area contributed by atoms with Crippen molar-refractivity contribution in [3.05, 3.63) is 29.3 Å². The Balaban J connectivity index is 2.75. The van der Waals surface area contributed by atoms with Crippen molar-refractivity contribution in [2.24, 2.45) is 17.6 Å². The molecule has 24 heavy (non-hydrogen) atoms. The van der Waals surface area contributed by atoms with Crippen LogP contribution in [0, 0.1) is 18.8 Å². The average molecular weight is 333 g/mol. The average Bonchev–Trinajstić information content (AvgIpc) is 2.47. The van der Waals surface area contributed by atoms with Crippen LogP contribution in [0.2, 0.25) is 0 Å². The fraction of sp³-hybridized carbons (Fsp3) is 0.579. The third-order valence-electron chi connectivity index (χ3n) is 3.73. The monoisotopic (exact) mass is 333 g/mol. The van der Waals surface area contributed by atoms with Crippen molar-refractivity contribution >= 4 is 17.5 Å². The molecular weight excluding hydrogens is 302 g/mol. The van der Waals surface area contributed by atoms with E-state index in [4.69, 9.17) is 5.73 Å². The maximum atomic E-state index is 12.4. The number of aryl methyl sites for hydroxylation is 1. The van der Waals surface area contributed by atoms with Gasteiger partial charge < -0.3 is 16.4 Å². The van der Waals surface area contributed by atoms with Gasteiger partial charge in [-0.05, 0) is 48.9 Å². The molecule has 0 saturated carbocycles. The van der Waals surface area contributed by atoms with Gasteiger partial charge in [0.25, 0.3) is 5.91 Å². The molecule has 0 fully saturated rings. The number of benzene rings is 1. The van der Waals surface area contributed by atoms with Gasteiger partial charge >= 0.3 is 0 Å². The number of rotatable bonds is 8. The first-order valence-corrected chi connectivity index (χ1v) is 8.64. The van der Waals surface area contributed by atoms with Gasteiger partial charge in [0.05, 0.1) is 0 Å². The zero-order valence-corrected chi connectivity index (χ0v) is 15.5. The molecule has 0 aliphatic rings. The number of hydrogen-bond acceptors (Lipinski definition) is 3. The molecule has 1 unspecified atom stereocenters. The highest BCUT2D eigenvalue weighted by Crippen LogP contribution is 2.18. The first kappa shape index (κ1) is 20.2. The summed E-state index contributed by atoms with van der Waals surface area (Å²) in [7, 11) is 0. The fourth-order valence-electron chi connectivity index (χ4n) is 2.57. The SMILES string of the molecule is Cc1cc(C(=O)NC(CN)CC(C)C)ccc1NC(=O)CC(C)C. The molecule has 0 aromatic heterocycles. The van der Waals surface area contributed by atoms with Crippen LogP contribution in [0.25, 0.3) is 0 Å². The third kappa shape index (κ3) is 6.71. The van der Waals surface area contributed by atoms with E-state index in [1.165, 1.54) is 0 Å². The summed E-state index contributed by atoms with van der Waals surface area (Å²) in [5.74, 6) is 0.642. The lowest BCUT2D eigenvalue weighted by atomic mass is 10.0. The second-order valence-electron chi connectivity index (χ2n) is 7.21. The molecule has 0 heterocycles. The first-order chi connectivity index (χ1) is 11.2. The molecule has 5 nitrogen and oxygen atoms in total. The summed E-state index contributed by atoms with van der Waals surface area (Å²) in [5, 5.41) is 5.87. The Bertz CT molecular complexity index is 568. The maximum absolute atomic E-state index is 12.4. The fourth-order valence-corrected chi connectivity index (χ4v) is 2.57. The van der Waals surface area contributed by atoms with Crippen molar-refractivity contribution in [2.75, 3.05) is 11.9 Å². The normalized spacial score (nSPS) is 12.3. The van der Waals surface area contributed by atoms with Crippen molar-refractivity contribution in [1.29, 1.82) is 0 Å². The van der Waals surface area contributed by atoms with Gasteiger partial charge in [-0.3, -0.25) is 9.59 Å². The molecule has 1 aromatic rings. The van der Waals surface area contributed by atoms with Gasteiger partial charge in [-0.15, -0.1) is 0 Å². The number of amides is 2. The second-order valence-corrected chi connectivity index (χ2v) is 7.21. The van der Waals surface area contributed by atoms with Crippen LogP contribution < -0.4 is 16.4 Å². The van der Waals surface area contributed by atoms with E-state index in [0.717, 1.165) is 17.7 Å². The highest BCUT2D eigenvalue weighted by Gasteiger charge is 2.15. The zero-order valence-electron chi connectivity index (χ0n) is 15.5. The molecule has 1 rings (SSSR count). The van der Waals surface area contributed by atoms with Gasteiger partial charge in [0, 0.05) is 30.3 Å². The Kier molecular flexibility index (Phi) is 7.92. The van der Waals surface area contributed by atoms with Gasteiger partial charge in [0.15, 0.2) is 0 Å². The second kappa shape index (κ2) is 9.42. The summed E-state index contributed by atoms with van der Waals surface area (Å²) in [4.78, 5) is 24.2. The molecule has 0 aliphatic carbocycles. The highest BCUT2D eigenvalue weighted by atomic mass is 16.2. The smallest absolute Gasteiger partial charge is 0.251 e.